The second kappa shape index (κ2) is 8.83. The summed E-state index contributed by atoms with van der Waals surface area (Å²) in [6, 6.07) is 3.97. The molecular weight excluding hydrogens is 262 g/mol. The third-order valence-corrected chi connectivity index (χ3v) is 3.91. The average Bonchev–Trinajstić information content (AvgIpc) is 2.48. The summed E-state index contributed by atoms with van der Waals surface area (Å²) < 4.78 is 5.77. The fraction of sp³-hybridized carbons (Fsp3) is 0.611. The number of carbonyl (C=O) groups excluding carboxylic acids is 1. The zero-order chi connectivity index (χ0) is 15.8. The number of aryl methyl sites for hydroxylation is 2. The van der Waals surface area contributed by atoms with Crippen molar-refractivity contribution in [3.8, 4) is 5.75 Å². The molecule has 0 unspecified atom stereocenters. The van der Waals surface area contributed by atoms with E-state index in [0.29, 0.717) is 13.0 Å². The van der Waals surface area contributed by atoms with Gasteiger partial charge in [-0.2, -0.15) is 0 Å². The van der Waals surface area contributed by atoms with Gasteiger partial charge in [0.25, 0.3) is 0 Å². The van der Waals surface area contributed by atoms with Crippen LogP contribution in [0.3, 0.4) is 0 Å². The molecule has 1 rings (SSSR count). The van der Waals surface area contributed by atoms with Crippen LogP contribution in [0, 0.1) is 13.8 Å². The number of carbonyl (C=O) groups is 1. The zero-order valence-corrected chi connectivity index (χ0v) is 14.2. The van der Waals surface area contributed by atoms with E-state index >= 15 is 0 Å². The van der Waals surface area contributed by atoms with E-state index in [2.05, 4.69) is 32.6 Å². The number of hydrogen-bond donors (Lipinski definition) is 0. The van der Waals surface area contributed by atoms with Crippen molar-refractivity contribution in [3.63, 3.8) is 0 Å². The largest absolute Gasteiger partial charge is 0.493 e. The van der Waals surface area contributed by atoms with Gasteiger partial charge in [0.15, 0.2) is 5.78 Å². The average molecular weight is 291 g/mol. The lowest BCUT2D eigenvalue weighted by atomic mass is 10.0. The highest BCUT2D eigenvalue weighted by molar-refractivity contribution is 5.99. The molecule has 0 fully saturated rings. The Balaban J connectivity index is 2.88. The van der Waals surface area contributed by atoms with Gasteiger partial charge in [-0.05, 0) is 56.6 Å². The Labute approximate surface area is 129 Å². The van der Waals surface area contributed by atoms with Crippen molar-refractivity contribution < 1.29 is 9.53 Å². The third kappa shape index (κ3) is 5.16. The van der Waals surface area contributed by atoms with E-state index in [-0.39, 0.29) is 5.78 Å². The molecule has 0 radical (unpaired) electrons. The van der Waals surface area contributed by atoms with Crippen molar-refractivity contribution in [2.24, 2.45) is 0 Å². The molecule has 0 atom stereocenters. The van der Waals surface area contributed by atoms with Crippen LogP contribution in [0.1, 0.15) is 55.1 Å². The molecule has 0 amide bonds. The van der Waals surface area contributed by atoms with E-state index in [1.165, 1.54) is 5.56 Å². The summed E-state index contributed by atoms with van der Waals surface area (Å²) in [6.07, 6.45) is 1.49. The molecule has 1 aromatic carbocycles. The predicted octanol–water partition coefficient (Wildman–Crippen LogP) is 4.01. The Bertz CT molecular complexity index is 465. The van der Waals surface area contributed by atoms with Gasteiger partial charge in [0.2, 0.25) is 0 Å². The molecule has 0 bridgehead atoms. The summed E-state index contributed by atoms with van der Waals surface area (Å²) in [5.41, 5.74) is 3.05. The van der Waals surface area contributed by atoms with Crippen LogP contribution < -0.4 is 4.74 Å². The molecule has 1 aromatic rings. The van der Waals surface area contributed by atoms with Crippen molar-refractivity contribution in [2.45, 2.75) is 47.5 Å². The summed E-state index contributed by atoms with van der Waals surface area (Å²) >= 11 is 0. The maximum absolute atomic E-state index is 12.5. The van der Waals surface area contributed by atoms with E-state index in [1.54, 1.807) is 0 Å². The molecule has 118 valence electrons. The first kappa shape index (κ1) is 17.7. The highest BCUT2D eigenvalue weighted by Gasteiger charge is 2.15. The maximum atomic E-state index is 12.5. The number of benzene rings is 1. The van der Waals surface area contributed by atoms with Crippen LogP contribution in [0.5, 0.6) is 5.75 Å². The highest BCUT2D eigenvalue weighted by Crippen LogP contribution is 2.25. The van der Waals surface area contributed by atoms with Gasteiger partial charge in [-0.1, -0.05) is 20.8 Å². The minimum absolute atomic E-state index is 0.177. The van der Waals surface area contributed by atoms with Gasteiger partial charge < -0.3 is 9.64 Å². The number of nitrogens with zero attached hydrogens (tertiary/aromatic N) is 1. The number of ether oxygens (including phenoxy) is 1. The molecule has 0 aliphatic heterocycles. The lowest BCUT2D eigenvalue weighted by molar-refractivity contribution is 0.0962. The van der Waals surface area contributed by atoms with Crippen molar-refractivity contribution in [1.82, 2.24) is 4.90 Å². The first-order valence-electron chi connectivity index (χ1n) is 8.03. The first-order valence-corrected chi connectivity index (χ1v) is 8.03. The topological polar surface area (TPSA) is 29.5 Å². The summed E-state index contributed by atoms with van der Waals surface area (Å²) in [7, 11) is 0. The molecular formula is C18H29NO2. The van der Waals surface area contributed by atoms with Crippen molar-refractivity contribution in [2.75, 3.05) is 26.2 Å². The van der Waals surface area contributed by atoms with Crippen LogP contribution in [-0.4, -0.2) is 36.9 Å². The van der Waals surface area contributed by atoms with Gasteiger partial charge in [0.1, 0.15) is 5.75 Å². The minimum atomic E-state index is 0.177. The number of ketones is 1. The molecule has 21 heavy (non-hydrogen) atoms. The van der Waals surface area contributed by atoms with Crippen molar-refractivity contribution >= 4 is 5.78 Å². The Morgan fingerprint density at radius 3 is 2.29 bits per heavy atom. The molecule has 0 aliphatic carbocycles. The Kier molecular flexibility index (Phi) is 7.44. The molecule has 0 saturated carbocycles. The van der Waals surface area contributed by atoms with Crippen LogP contribution >= 0.6 is 0 Å². The molecule has 0 aliphatic rings. The molecule has 3 heteroatoms. The van der Waals surface area contributed by atoms with Gasteiger partial charge in [-0.15, -0.1) is 0 Å². The van der Waals surface area contributed by atoms with Crippen LogP contribution in [0.15, 0.2) is 12.1 Å². The number of Topliss-reactive ketones (excluding diaryl/α,β-unsaturated/α-hetero) is 1. The van der Waals surface area contributed by atoms with Crippen LogP contribution in [0.25, 0.3) is 0 Å². The molecule has 0 spiro atoms. The fourth-order valence-corrected chi connectivity index (χ4v) is 2.27. The quantitative estimate of drug-likeness (QED) is 0.644. The molecule has 3 nitrogen and oxygen atoms in total. The lowest BCUT2D eigenvalue weighted by Crippen LogP contribution is -2.26. The van der Waals surface area contributed by atoms with Gasteiger partial charge in [-0.25, -0.2) is 0 Å². The van der Waals surface area contributed by atoms with E-state index in [9.17, 15) is 4.79 Å². The molecule has 0 heterocycles. The van der Waals surface area contributed by atoms with E-state index in [4.69, 9.17) is 4.74 Å². The van der Waals surface area contributed by atoms with Gasteiger partial charge in [0.05, 0.1) is 12.2 Å². The van der Waals surface area contributed by atoms with Crippen molar-refractivity contribution in [3.05, 3.63) is 28.8 Å². The second-order valence-electron chi connectivity index (χ2n) is 5.48. The first-order chi connectivity index (χ1) is 10.0. The van der Waals surface area contributed by atoms with Crippen LogP contribution in [-0.2, 0) is 0 Å². The zero-order valence-electron chi connectivity index (χ0n) is 14.2. The van der Waals surface area contributed by atoms with Gasteiger partial charge >= 0.3 is 0 Å². The fourth-order valence-electron chi connectivity index (χ4n) is 2.27. The second-order valence-corrected chi connectivity index (χ2v) is 5.48. The Hall–Kier alpha value is -1.35. The normalized spacial score (nSPS) is 11.0. The summed E-state index contributed by atoms with van der Waals surface area (Å²) in [6.45, 7) is 13.8. The van der Waals surface area contributed by atoms with Gasteiger partial charge in [0, 0.05) is 13.0 Å². The standard InChI is InChI=1S/C18H29NO2/c1-6-11-21-18-13-15(5)14(4)12-16(18)17(20)9-10-19(7-2)8-3/h12-13H,6-11H2,1-5H3. The smallest absolute Gasteiger partial charge is 0.167 e. The third-order valence-electron chi connectivity index (χ3n) is 3.91. The van der Waals surface area contributed by atoms with E-state index in [0.717, 1.165) is 42.9 Å². The molecule has 0 aromatic heterocycles. The Morgan fingerprint density at radius 2 is 1.71 bits per heavy atom. The van der Waals surface area contributed by atoms with Crippen LogP contribution in [0.4, 0.5) is 0 Å². The summed E-state index contributed by atoms with van der Waals surface area (Å²) in [4.78, 5) is 14.8. The number of hydrogen-bond acceptors (Lipinski definition) is 3. The maximum Gasteiger partial charge on any atom is 0.167 e. The minimum Gasteiger partial charge on any atom is -0.493 e. The van der Waals surface area contributed by atoms with Crippen LogP contribution in [0.2, 0.25) is 0 Å². The lowest BCUT2D eigenvalue weighted by Gasteiger charge is -2.18. The highest BCUT2D eigenvalue weighted by atomic mass is 16.5. The monoisotopic (exact) mass is 291 g/mol. The molecule has 0 saturated heterocycles. The Morgan fingerprint density at radius 1 is 1.10 bits per heavy atom. The molecule has 0 N–H and O–H groups in total. The number of rotatable bonds is 9. The van der Waals surface area contributed by atoms with Gasteiger partial charge in [-0.3, -0.25) is 4.79 Å². The summed E-state index contributed by atoms with van der Waals surface area (Å²) in [5.74, 6) is 0.917. The summed E-state index contributed by atoms with van der Waals surface area (Å²) in [5, 5.41) is 0. The SMILES string of the molecule is CCCOc1cc(C)c(C)cc1C(=O)CCN(CC)CC. The van der Waals surface area contributed by atoms with Crippen molar-refractivity contribution in [1.29, 1.82) is 0 Å². The predicted molar refractivity (Wildman–Crippen MR) is 88.4 cm³/mol. The van der Waals surface area contributed by atoms with E-state index < -0.39 is 0 Å². The van der Waals surface area contributed by atoms with E-state index in [1.807, 2.05) is 19.1 Å².